The molecule has 3 N–H and O–H groups in total. The Morgan fingerprint density at radius 3 is 1.88 bits per heavy atom. The fraction of sp³-hybridized carbons (Fsp3) is 0.900. The van der Waals surface area contributed by atoms with E-state index in [1.807, 2.05) is 0 Å². The van der Waals surface area contributed by atoms with Crippen LogP contribution in [0.3, 0.4) is 0 Å². The molecule has 154 valence electrons. The first kappa shape index (κ1) is 24.9. The smallest absolute Gasteiger partial charge is 0.317 e. The van der Waals surface area contributed by atoms with E-state index < -0.39 is 12.1 Å². The average molecular weight is 373 g/mol. The molecule has 0 saturated heterocycles. The summed E-state index contributed by atoms with van der Waals surface area (Å²) < 4.78 is 0. The van der Waals surface area contributed by atoms with Crippen molar-refractivity contribution in [2.24, 2.45) is 0 Å². The summed E-state index contributed by atoms with van der Waals surface area (Å²) in [4.78, 5) is 24.3. The topological polar surface area (TPSA) is 89.9 Å². The van der Waals surface area contributed by atoms with Crippen LogP contribution in [0.4, 0.5) is 0 Å². The third kappa shape index (κ3) is 15.1. The fourth-order valence-electron chi connectivity index (χ4n) is 3.06. The number of rotatable bonds is 18. The number of aliphatic carboxylic acids is 1. The zero-order chi connectivity index (χ0) is 19.6. The van der Waals surface area contributed by atoms with E-state index in [9.17, 15) is 9.59 Å². The Hall–Kier alpha value is -1.14. The van der Waals surface area contributed by atoms with Gasteiger partial charge in [0.05, 0.1) is 19.3 Å². The van der Waals surface area contributed by atoms with Crippen molar-refractivity contribution in [3.63, 3.8) is 0 Å². The molecule has 6 heteroatoms. The van der Waals surface area contributed by atoms with E-state index in [2.05, 4.69) is 12.2 Å². The van der Waals surface area contributed by atoms with Crippen LogP contribution in [0.1, 0.15) is 90.9 Å². The standard InChI is InChI=1S/C20H40N2O4/c1-3-4-5-6-7-8-9-10-11-12-13-14-19(24)21-18(2)22(15-16-23)17-20(25)26/h18,23H,3-17H2,1-2H3,(H,21,24)(H,25,26). The third-order valence-corrected chi connectivity index (χ3v) is 4.65. The van der Waals surface area contributed by atoms with Crippen LogP contribution in [0.25, 0.3) is 0 Å². The summed E-state index contributed by atoms with van der Waals surface area (Å²) in [6.07, 6.45) is 13.8. The second-order valence-corrected chi connectivity index (χ2v) is 7.12. The first-order valence-corrected chi connectivity index (χ1v) is 10.4. The van der Waals surface area contributed by atoms with Crippen LogP contribution in [0, 0.1) is 0 Å². The lowest BCUT2D eigenvalue weighted by Gasteiger charge is -2.27. The lowest BCUT2D eigenvalue weighted by Crippen LogP contribution is -2.49. The van der Waals surface area contributed by atoms with Gasteiger partial charge < -0.3 is 15.5 Å². The van der Waals surface area contributed by atoms with Crippen molar-refractivity contribution in [3.8, 4) is 0 Å². The minimum absolute atomic E-state index is 0.0539. The normalized spacial score (nSPS) is 12.3. The van der Waals surface area contributed by atoms with Crippen molar-refractivity contribution >= 4 is 11.9 Å². The number of hydrogen-bond donors (Lipinski definition) is 3. The van der Waals surface area contributed by atoms with Crippen LogP contribution in [0.5, 0.6) is 0 Å². The van der Waals surface area contributed by atoms with Crippen molar-refractivity contribution in [2.75, 3.05) is 19.7 Å². The summed E-state index contributed by atoms with van der Waals surface area (Å²) >= 11 is 0. The maximum absolute atomic E-state index is 12.0. The van der Waals surface area contributed by atoms with Crippen molar-refractivity contribution in [1.29, 1.82) is 0 Å². The zero-order valence-electron chi connectivity index (χ0n) is 16.8. The minimum atomic E-state index is -0.968. The summed E-state index contributed by atoms with van der Waals surface area (Å²) in [6, 6.07) is 0. The first-order valence-electron chi connectivity index (χ1n) is 10.4. The van der Waals surface area contributed by atoms with E-state index in [1.54, 1.807) is 11.8 Å². The molecule has 6 nitrogen and oxygen atoms in total. The molecule has 1 amide bonds. The van der Waals surface area contributed by atoms with Crippen molar-refractivity contribution in [1.82, 2.24) is 10.2 Å². The Labute approximate surface area is 159 Å². The maximum Gasteiger partial charge on any atom is 0.317 e. The van der Waals surface area contributed by atoms with Gasteiger partial charge in [0.2, 0.25) is 5.91 Å². The molecule has 0 radical (unpaired) electrons. The number of carboxylic acid groups (broad SMARTS) is 1. The second-order valence-electron chi connectivity index (χ2n) is 7.12. The number of nitrogens with zero attached hydrogens (tertiary/aromatic N) is 1. The van der Waals surface area contributed by atoms with Crippen molar-refractivity contribution in [3.05, 3.63) is 0 Å². The fourth-order valence-corrected chi connectivity index (χ4v) is 3.06. The van der Waals surface area contributed by atoms with E-state index in [1.165, 1.54) is 57.8 Å². The number of carbonyl (C=O) groups excluding carboxylic acids is 1. The van der Waals surface area contributed by atoms with Crippen LogP contribution in [0.15, 0.2) is 0 Å². The Balaban J connectivity index is 3.65. The molecular formula is C20H40N2O4. The predicted molar refractivity (Wildman–Crippen MR) is 105 cm³/mol. The van der Waals surface area contributed by atoms with E-state index >= 15 is 0 Å². The maximum atomic E-state index is 12.0. The number of aliphatic hydroxyl groups excluding tert-OH is 1. The Bertz CT molecular complexity index is 364. The minimum Gasteiger partial charge on any atom is -0.480 e. The highest BCUT2D eigenvalue weighted by molar-refractivity contribution is 5.76. The van der Waals surface area contributed by atoms with Crippen LogP contribution in [-0.2, 0) is 9.59 Å². The number of carboxylic acids is 1. The number of nitrogens with one attached hydrogen (secondary N) is 1. The molecule has 1 unspecified atom stereocenters. The van der Waals surface area contributed by atoms with Gasteiger partial charge in [0.25, 0.3) is 0 Å². The van der Waals surface area contributed by atoms with Crippen molar-refractivity contribution in [2.45, 2.75) is 97.1 Å². The summed E-state index contributed by atoms with van der Waals surface area (Å²) in [5, 5.41) is 20.7. The Kier molecular flexibility index (Phi) is 16.5. The molecule has 0 aliphatic carbocycles. The molecule has 0 aromatic carbocycles. The van der Waals surface area contributed by atoms with Gasteiger partial charge in [0.1, 0.15) is 0 Å². The van der Waals surface area contributed by atoms with Gasteiger partial charge >= 0.3 is 5.97 Å². The van der Waals surface area contributed by atoms with E-state index in [-0.39, 0.29) is 25.6 Å². The first-order chi connectivity index (χ1) is 12.5. The van der Waals surface area contributed by atoms with E-state index in [4.69, 9.17) is 10.2 Å². The molecule has 0 rings (SSSR count). The summed E-state index contributed by atoms with van der Waals surface area (Å²) in [7, 11) is 0. The Morgan fingerprint density at radius 2 is 1.42 bits per heavy atom. The van der Waals surface area contributed by atoms with Gasteiger partial charge in [0, 0.05) is 13.0 Å². The SMILES string of the molecule is CCCCCCCCCCCCCC(=O)NC(C)N(CCO)CC(=O)O. The molecule has 1 atom stereocenters. The molecule has 0 saturated carbocycles. The van der Waals surface area contributed by atoms with Gasteiger partial charge in [-0.25, -0.2) is 0 Å². The number of aliphatic hydroxyl groups is 1. The zero-order valence-corrected chi connectivity index (χ0v) is 16.8. The molecule has 0 fully saturated rings. The largest absolute Gasteiger partial charge is 0.480 e. The van der Waals surface area contributed by atoms with Crippen molar-refractivity contribution < 1.29 is 19.8 Å². The average Bonchev–Trinajstić information content (AvgIpc) is 2.58. The lowest BCUT2D eigenvalue weighted by atomic mass is 10.1. The molecule has 0 bridgehead atoms. The molecule has 0 aromatic heterocycles. The third-order valence-electron chi connectivity index (χ3n) is 4.65. The van der Waals surface area contributed by atoms with Gasteiger partial charge in [-0.2, -0.15) is 0 Å². The van der Waals surface area contributed by atoms with E-state index in [0.717, 1.165) is 12.8 Å². The molecule has 0 heterocycles. The monoisotopic (exact) mass is 372 g/mol. The van der Waals surface area contributed by atoms with Gasteiger partial charge in [-0.3, -0.25) is 14.5 Å². The van der Waals surface area contributed by atoms with Gasteiger partial charge in [-0.05, 0) is 13.3 Å². The quantitative estimate of drug-likeness (QED) is 0.253. The van der Waals surface area contributed by atoms with E-state index in [0.29, 0.717) is 6.42 Å². The van der Waals surface area contributed by atoms with Gasteiger partial charge in [0.15, 0.2) is 0 Å². The second kappa shape index (κ2) is 17.3. The van der Waals surface area contributed by atoms with Crippen LogP contribution in [-0.4, -0.2) is 52.9 Å². The number of amides is 1. The molecule has 0 aliphatic rings. The molecule has 0 spiro atoms. The lowest BCUT2D eigenvalue weighted by molar-refractivity contribution is -0.140. The Morgan fingerprint density at radius 1 is 0.923 bits per heavy atom. The van der Waals surface area contributed by atoms with Gasteiger partial charge in [-0.1, -0.05) is 71.1 Å². The van der Waals surface area contributed by atoms with Gasteiger partial charge in [-0.15, -0.1) is 0 Å². The molecular weight excluding hydrogens is 332 g/mol. The number of hydrogen-bond acceptors (Lipinski definition) is 4. The predicted octanol–water partition coefficient (Wildman–Crippen LogP) is 3.53. The number of carbonyl (C=O) groups is 2. The highest BCUT2D eigenvalue weighted by Gasteiger charge is 2.17. The molecule has 0 aliphatic heterocycles. The van der Waals surface area contributed by atoms with Crippen LogP contribution in [0.2, 0.25) is 0 Å². The molecule has 26 heavy (non-hydrogen) atoms. The number of unbranched alkanes of at least 4 members (excludes halogenated alkanes) is 10. The summed E-state index contributed by atoms with van der Waals surface area (Å²) in [5.41, 5.74) is 0. The summed E-state index contributed by atoms with van der Waals surface area (Å²) in [5.74, 6) is -1.02. The molecule has 0 aromatic rings. The highest BCUT2D eigenvalue weighted by Crippen LogP contribution is 2.12. The van der Waals surface area contributed by atoms with Crippen LogP contribution >= 0.6 is 0 Å². The van der Waals surface area contributed by atoms with Crippen LogP contribution < -0.4 is 5.32 Å². The summed E-state index contributed by atoms with van der Waals surface area (Å²) in [6.45, 7) is 3.89. The highest BCUT2D eigenvalue weighted by atomic mass is 16.4.